The summed E-state index contributed by atoms with van der Waals surface area (Å²) in [5, 5.41) is 23.4. The van der Waals surface area contributed by atoms with Crippen LogP contribution in [-0.4, -0.2) is 85.0 Å². The molecule has 3 fully saturated rings. The Labute approximate surface area is 210 Å². The summed E-state index contributed by atoms with van der Waals surface area (Å²) in [5.74, 6) is -2.31. The SMILES string of the molecule is CCCNC(=O)[C@H]1[C@H]2C(=O)N(CCCO)C(C(=O)NCn3nnc4ccccc43)C23CC(Br)[C@@H]1O3. The molecule has 188 valence electrons. The number of alkyl halides is 1. The van der Waals surface area contributed by atoms with Crippen LogP contribution in [0.25, 0.3) is 11.0 Å². The summed E-state index contributed by atoms with van der Waals surface area (Å²) < 4.78 is 7.99. The molecule has 1 aromatic heterocycles. The summed E-state index contributed by atoms with van der Waals surface area (Å²) in [6, 6.07) is 6.50. The molecule has 3 saturated heterocycles. The molecule has 5 rings (SSSR count). The molecule has 1 spiro atoms. The fourth-order valence-corrected chi connectivity index (χ4v) is 6.80. The highest BCUT2D eigenvalue weighted by molar-refractivity contribution is 9.09. The minimum Gasteiger partial charge on any atom is -0.396 e. The van der Waals surface area contributed by atoms with Gasteiger partial charge in [-0.3, -0.25) is 14.4 Å². The van der Waals surface area contributed by atoms with Crippen molar-refractivity contribution in [3.63, 3.8) is 0 Å². The molecule has 4 heterocycles. The number of aliphatic hydroxyl groups excluding tert-OH is 1. The van der Waals surface area contributed by atoms with E-state index in [-0.39, 0.29) is 42.4 Å². The highest BCUT2D eigenvalue weighted by Crippen LogP contribution is 2.59. The Bertz CT molecular complexity index is 1140. The van der Waals surface area contributed by atoms with Crippen LogP contribution < -0.4 is 10.6 Å². The Kier molecular flexibility index (Phi) is 6.53. The van der Waals surface area contributed by atoms with Gasteiger partial charge in [-0.05, 0) is 31.4 Å². The number of likely N-dealkylation sites (tertiary alicyclic amines) is 1. The van der Waals surface area contributed by atoms with E-state index in [9.17, 15) is 19.5 Å². The molecule has 3 aliphatic heterocycles. The molecular formula is C23H29BrN6O5. The van der Waals surface area contributed by atoms with E-state index in [0.717, 1.165) is 11.9 Å². The number of benzene rings is 1. The lowest BCUT2D eigenvalue weighted by atomic mass is 9.70. The third-order valence-electron chi connectivity index (χ3n) is 7.27. The molecular weight excluding hydrogens is 520 g/mol. The summed E-state index contributed by atoms with van der Waals surface area (Å²) in [4.78, 5) is 41.7. The van der Waals surface area contributed by atoms with E-state index < -0.39 is 29.6 Å². The Balaban J connectivity index is 1.43. The second-order valence-electron chi connectivity index (χ2n) is 9.34. The van der Waals surface area contributed by atoms with Gasteiger partial charge in [0.2, 0.25) is 17.7 Å². The Morgan fingerprint density at radius 1 is 1.29 bits per heavy atom. The van der Waals surface area contributed by atoms with Crippen LogP contribution in [0.5, 0.6) is 0 Å². The molecule has 0 radical (unpaired) electrons. The lowest BCUT2D eigenvalue weighted by molar-refractivity contribution is -0.142. The minimum atomic E-state index is -1.12. The van der Waals surface area contributed by atoms with Gasteiger partial charge in [-0.25, -0.2) is 4.68 Å². The van der Waals surface area contributed by atoms with Gasteiger partial charge in [0.05, 0.1) is 23.5 Å². The fourth-order valence-electron chi connectivity index (χ4n) is 5.86. The van der Waals surface area contributed by atoms with Gasteiger partial charge in [0, 0.05) is 24.5 Å². The zero-order valence-electron chi connectivity index (χ0n) is 19.4. The Morgan fingerprint density at radius 2 is 2.09 bits per heavy atom. The number of ether oxygens (including phenoxy) is 1. The van der Waals surface area contributed by atoms with Crippen LogP contribution >= 0.6 is 15.9 Å². The van der Waals surface area contributed by atoms with Crippen LogP contribution in [0.2, 0.25) is 0 Å². The number of carbonyl (C=O) groups excluding carboxylic acids is 3. The first kappa shape index (κ1) is 24.1. The molecule has 35 heavy (non-hydrogen) atoms. The van der Waals surface area contributed by atoms with Crippen LogP contribution in [0.3, 0.4) is 0 Å². The van der Waals surface area contributed by atoms with Gasteiger partial charge < -0.3 is 25.4 Å². The number of rotatable bonds is 9. The van der Waals surface area contributed by atoms with E-state index in [1.807, 2.05) is 31.2 Å². The van der Waals surface area contributed by atoms with Crippen molar-refractivity contribution in [2.45, 2.75) is 55.4 Å². The standard InChI is InChI=1S/C23H29BrN6O5/c1-2-8-25-20(32)16-17-22(34)29(9-5-10-31)19(23(17)11-13(24)18(16)35-23)21(33)26-12-30-15-7-4-3-6-14(15)27-28-30/h3-4,6-7,13,16-19,31H,2,5,8-12H2,1H3,(H,25,32)(H,26,33)/t13?,16-,17-,18-,19?,23?/m0/s1. The van der Waals surface area contributed by atoms with Crippen molar-refractivity contribution in [2.24, 2.45) is 11.8 Å². The van der Waals surface area contributed by atoms with Crippen LogP contribution in [0.15, 0.2) is 24.3 Å². The number of fused-ring (bicyclic) bond motifs is 2. The van der Waals surface area contributed by atoms with Crippen molar-refractivity contribution in [1.29, 1.82) is 0 Å². The quantitative estimate of drug-likeness (QED) is 0.379. The molecule has 1 aromatic carbocycles. The minimum absolute atomic E-state index is 0.0697. The van der Waals surface area contributed by atoms with Crippen molar-refractivity contribution in [2.75, 3.05) is 19.7 Å². The number of para-hydroxylation sites is 1. The van der Waals surface area contributed by atoms with E-state index in [0.29, 0.717) is 24.9 Å². The van der Waals surface area contributed by atoms with Crippen molar-refractivity contribution < 1.29 is 24.2 Å². The lowest BCUT2D eigenvalue weighted by Gasteiger charge is -2.34. The van der Waals surface area contributed by atoms with Crippen molar-refractivity contribution >= 4 is 44.7 Å². The Morgan fingerprint density at radius 3 is 2.86 bits per heavy atom. The predicted octanol–water partition coefficient (Wildman–Crippen LogP) is 0.162. The fraction of sp³-hybridized carbons (Fsp3) is 0.609. The van der Waals surface area contributed by atoms with Crippen molar-refractivity contribution in [3.8, 4) is 0 Å². The first-order valence-corrected chi connectivity index (χ1v) is 12.9. The summed E-state index contributed by atoms with van der Waals surface area (Å²) in [5.41, 5.74) is 0.366. The molecule has 2 aromatic rings. The molecule has 2 bridgehead atoms. The van der Waals surface area contributed by atoms with Gasteiger partial charge in [0.15, 0.2) is 0 Å². The largest absolute Gasteiger partial charge is 0.396 e. The number of nitrogens with one attached hydrogen (secondary N) is 2. The zero-order chi connectivity index (χ0) is 24.7. The lowest BCUT2D eigenvalue weighted by Crippen LogP contribution is -2.56. The monoisotopic (exact) mass is 548 g/mol. The molecule has 3 aliphatic rings. The van der Waals surface area contributed by atoms with E-state index in [1.54, 1.807) is 4.68 Å². The number of amides is 3. The maximum atomic E-state index is 13.7. The molecule has 12 heteroatoms. The second kappa shape index (κ2) is 9.47. The highest BCUT2D eigenvalue weighted by atomic mass is 79.9. The van der Waals surface area contributed by atoms with E-state index in [1.165, 1.54) is 4.90 Å². The average Bonchev–Trinajstić information content (AvgIpc) is 3.57. The van der Waals surface area contributed by atoms with Crippen molar-refractivity contribution in [3.05, 3.63) is 24.3 Å². The number of aromatic nitrogens is 3. The predicted molar refractivity (Wildman–Crippen MR) is 128 cm³/mol. The zero-order valence-corrected chi connectivity index (χ0v) is 21.0. The second-order valence-corrected chi connectivity index (χ2v) is 10.5. The van der Waals surface area contributed by atoms with Crippen LogP contribution in [0.1, 0.15) is 26.2 Å². The number of halogens is 1. The number of aliphatic hydroxyl groups is 1. The molecule has 0 aliphatic carbocycles. The first-order valence-electron chi connectivity index (χ1n) is 12.0. The maximum Gasteiger partial charge on any atom is 0.247 e. The van der Waals surface area contributed by atoms with Gasteiger partial charge in [0.1, 0.15) is 23.8 Å². The normalized spacial score (nSPS) is 31.2. The topological polar surface area (TPSA) is 139 Å². The molecule has 0 saturated carbocycles. The summed E-state index contributed by atoms with van der Waals surface area (Å²) in [7, 11) is 0. The van der Waals surface area contributed by atoms with Gasteiger partial charge >= 0.3 is 0 Å². The van der Waals surface area contributed by atoms with Crippen molar-refractivity contribution in [1.82, 2.24) is 30.5 Å². The molecule has 3 unspecified atom stereocenters. The number of hydrogen-bond acceptors (Lipinski definition) is 7. The summed E-state index contributed by atoms with van der Waals surface area (Å²) in [6.07, 6.45) is 1.04. The van der Waals surface area contributed by atoms with Crippen LogP contribution in [0.4, 0.5) is 0 Å². The number of carbonyl (C=O) groups is 3. The summed E-state index contributed by atoms with van der Waals surface area (Å²) in [6.45, 7) is 2.61. The van der Waals surface area contributed by atoms with Gasteiger partial charge in [-0.1, -0.05) is 40.2 Å². The van der Waals surface area contributed by atoms with Gasteiger partial charge in [0.25, 0.3) is 0 Å². The van der Waals surface area contributed by atoms with Gasteiger partial charge in [-0.2, -0.15) is 0 Å². The maximum absolute atomic E-state index is 13.7. The number of nitrogens with zero attached hydrogens (tertiary/aromatic N) is 4. The van der Waals surface area contributed by atoms with E-state index in [4.69, 9.17) is 4.74 Å². The summed E-state index contributed by atoms with van der Waals surface area (Å²) >= 11 is 3.64. The van der Waals surface area contributed by atoms with E-state index in [2.05, 4.69) is 36.9 Å². The first-order chi connectivity index (χ1) is 16.9. The molecule has 3 amide bonds. The third-order valence-corrected chi connectivity index (χ3v) is 8.11. The smallest absolute Gasteiger partial charge is 0.247 e. The third kappa shape index (κ3) is 3.82. The molecule has 3 N–H and O–H groups in total. The van der Waals surface area contributed by atoms with Gasteiger partial charge in [-0.15, -0.1) is 5.10 Å². The average molecular weight is 549 g/mol. The van der Waals surface area contributed by atoms with Crippen LogP contribution in [-0.2, 0) is 25.8 Å². The molecule has 6 atom stereocenters. The Hall–Kier alpha value is -2.57. The molecule has 11 nitrogen and oxygen atoms in total. The number of hydrogen-bond donors (Lipinski definition) is 3. The highest BCUT2D eigenvalue weighted by Gasteiger charge is 2.76. The van der Waals surface area contributed by atoms with E-state index >= 15 is 0 Å². The van der Waals surface area contributed by atoms with Crippen LogP contribution in [0, 0.1) is 11.8 Å².